The van der Waals surface area contributed by atoms with Crippen molar-refractivity contribution >= 4 is 38.5 Å². The monoisotopic (exact) mass is 332 g/mol. The molecule has 4 heteroatoms. The van der Waals surface area contributed by atoms with E-state index >= 15 is 0 Å². The summed E-state index contributed by atoms with van der Waals surface area (Å²) in [4.78, 5) is 0. The van der Waals surface area contributed by atoms with E-state index in [4.69, 9.17) is 0 Å². The maximum absolute atomic E-state index is 13.0. The normalized spacial score (nSPS) is 10.3. The average molecular weight is 333 g/mol. The van der Waals surface area contributed by atoms with Gasteiger partial charge in [0.25, 0.3) is 0 Å². The van der Waals surface area contributed by atoms with Crippen LogP contribution >= 0.6 is 38.5 Å². The van der Waals surface area contributed by atoms with Crippen molar-refractivity contribution in [2.75, 3.05) is 0 Å². The minimum absolute atomic E-state index is 0.0447. The summed E-state index contributed by atoms with van der Waals surface area (Å²) in [6.45, 7) is 1.60. The zero-order chi connectivity index (χ0) is 8.59. The van der Waals surface area contributed by atoms with Crippen LogP contribution < -0.4 is 0 Å². The third-order valence-corrected chi connectivity index (χ3v) is 3.16. The van der Waals surface area contributed by atoms with Crippen molar-refractivity contribution < 1.29 is 8.78 Å². The molecule has 0 radical (unpaired) electrons. The molecule has 0 aromatic heterocycles. The van der Waals surface area contributed by atoms with Crippen LogP contribution in [0, 0.1) is 22.1 Å². The summed E-state index contributed by atoms with van der Waals surface area (Å²) >= 11 is 4.69. The number of hydrogen-bond donors (Lipinski definition) is 0. The highest BCUT2D eigenvalue weighted by atomic mass is 127. The van der Waals surface area contributed by atoms with Gasteiger partial charge in [0.05, 0.1) is 3.57 Å². The lowest BCUT2D eigenvalue weighted by molar-refractivity contribution is 0.563. The van der Waals surface area contributed by atoms with Crippen LogP contribution in [0.4, 0.5) is 8.78 Å². The Hall–Kier alpha value is 0.290. The first-order valence-electron chi connectivity index (χ1n) is 2.83. The molecule has 0 nitrogen and oxygen atoms in total. The molecule has 0 heterocycles. The molecule has 0 spiro atoms. The van der Waals surface area contributed by atoms with E-state index in [1.807, 2.05) is 0 Å². The van der Waals surface area contributed by atoms with Gasteiger partial charge in [0.2, 0.25) is 0 Å². The largest absolute Gasteiger partial charge is 0.206 e. The Kier molecular flexibility index (Phi) is 2.85. The van der Waals surface area contributed by atoms with Crippen LogP contribution in [0.25, 0.3) is 0 Å². The Morgan fingerprint density at radius 3 is 2.55 bits per heavy atom. The first-order valence-corrected chi connectivity index (χ1v) is 4.71. The average Bonchev–Trinajstić information content (AvgIpc) is 1.97. The molecule has 0 unspecified atom stereocenters. The fourth-order valence-corrected chi connectivity index (χ4v) is 1.59. The van der Waals surface area contributed by atoms with Crippen LogP contribution in [-0.4, -0.2) is 0 Å². The van der Waals surface area contributed by atoms with Crippen molar-refractivity contribution in [2.24, 2.45) is 0 Å². The van der Waals surface area contributed by atoms with E-state index in [1.54, 1.807) is 29.5 Å². The maximum Gasteiger partial charge on any atom is 0.143 e. The van der Waals surface area contributed by atoms with Crippen LogP contribution in [0.2, 0.25) is 0 Å². The predicted molar refractivity (Wildman–Crippen MR) is 51.5 cm³/mol. The first kappa shape index (κ1) is 9.38. The van der Waals surface area contributed by atoms with Crippen molar-refractivity contribution in [3.63, 3.8) is 0 Å². The molecular weight excluding hydrogens is 329 g/mol. The zero-order valence-electron chi connectivity index (χ0n) is 5.59. The highest BCUT2D eigenvalue weighted by molar-refractivity contribution is 14.1. The summed E-state index contributed by atoms with van der Waals surface area (Å²) in [5.74, 6) is -1.02. The number of rotatable bonds is 0. The van der Waals surface area contributed by atoms with Gasteiger partial charge in [0, 0.05) is 10.0 Å². The molecule has 0 aliphatic heterocycles. The Bertz CT molecular complexity index is 273. The Morgan fingerprint density at radius 1 is 1.45 bits per heavy atom. The topological polar surface area (TPSA) is 0 Å². The number of hydrogen-bond acceptors (Lipinski definition) is 0. The van der Waals surface area contributed by atoms with Crippen molar-refractivity contribution in [3.05, 3.63) is 31.3 Å². The number of benzene rings is 1. The third-order valence-electron chi connectivity index (χ3n) is 1.34. The standard InChI is InChI=1S/C7H4BrF2I/c1-3-4(8)2-5(9)7(11)6(3)10/h2H,1H3. The van der Waals surface area contributed by atoms with Crippen LogP contribution in [0.15, 0.2) is 10.5 Å². The number of halogens is 4. The molecule has 1 aromatic carbocycles. The molecule has 0 aliphatic carbocycles. The molecule has 0 bridgehead atoms. The van der Waals surface area contributed by atoms with Crippen LogP contribution in [0.3, 0.4) is 0 Å². The highest BCUT2D eigenvalue weighted by Gasteiger charge is 2.11. The second-order valence-corrected chi connectivity index (χ2v) is 4.03. The summed E-state index contributed by atoms with van der Waals surface area (Å²) in [6.07, 6.45) is 0. The van der Waals surface area contributed by atoms with Crippen LogP contribution in [-0.2, 0) is 0 Å². The molecule has 1 rings (SSSR count). The fraction of sp³-hybridized carbons (Fsp3) is 0.143. The molecule has 0 atom stereocenters. The summed E-state index contributed by atoms with van der Waals surface area (Å²) in [6, 6.07) is 1.26. The van der Waals surface area contributed by atoms with Crippen LogP contribution in [0.5, 0.6) is 0 Å². The Balaban J connectivity index is 3.46. The lowest BCUT2D eigenvalue weighted by atomic mass is 10.2. The molecule has 1 aromatic rings. The van der Waals surface area contributed by atoms with Gasteiger partial charge in [-0.05, 0) is 35.6 Å². The lowest BCUT2D eigenvalue weighted by Crippen LogP contribution is -1.93. The Labute approximate surface area is 85.3 Å². The third kappa shape index (κ3) is 1.72. The minimum atomic E-state index is -0.527. The van der Waals surface area contributed by atoms with Gasteiger partial charge in [-0.1, -0.05) is 15.9 Å². The van der Waals surface area contributed by atoms with Crippen LogP contribution in [0.1, 0.15) is 5.56 Å². The van der Waals surface area contributed by atoms with Crippen molar-refractivity contribution in [1.29, 1.82) is 0 Å². The molecule has 0 aliphatic rings. The molecule has 0 amide bonds. The molecular formula is C7H4BrF2I. The van der Waals surface area contributed by atoms with E-state index < -0.39 is 11.6 Å². The smallest absolute Gasteiger partial charge is 0.143 e. The molecule has 0 saturated carbocycles. The lowest BCUT2D eigenvalue weighted by Gasteiger charge is -2.02. The van der Waals surface area contributed by atoms with Gasteiger partial charge in [0.15, 0.2) is 0 Å². The van der Waals surface area contributed by atoms with E-state index in [0.29, 0.717) is 10.0 Å². The molecule has 60 valence electrons. The SMILES string of the molecule is Cc1c(Br)cc(F)c(I)c1F. The second-order valence-electron chi connectivity index (χ2n) is 2.09. The van der Waals surface area contributed by atoms with Crippen molar-refractivity contribution in [3.8, 4) is 0 Å². The van der Waals surface area contributed by atoms with E-state index in [9.17, 15) is 8.78 Å². The van der Waals surface area contributed by atoms with E-state index in [0.717, 1.165) is 0 Å². The van der Waals surface area contributed by atoms with Gasteiger partial charge in [-0.3, -0.25) is 0 Å². The summed E-state index contributed by atoms with van der Waals surface area (Å²) in [5, 5.41) is 0. The van der Waals surface area contributed by atoms with Gasteiger partial charge >= 0.3 is 0 Å². The van der Waals surface area contributed by atoms with Gasteiger partial charge in [-0.25, -0.2) is 8.78 Å². The second kappa shape index (κ2) is 3.35. The Morgan fingerprint density at radius 2 is 2.00 bits per heavy atom. The minimum Gasteiger partial charge on any atom is -0.206 e. The summed E-state index contributed by atoms with van der Waals surface area (Å²) in [7, 11) is 0. The fourth-order valence-electron chi connectivity index (χ4n) is 0.657. The van der Waals surface area contributed by atoms with E-state index in [2.05, 4.69) is 15.9 Å². The van der Waals surface area contributed by atoms with Gasteiger partial charge < -0.3 is 0 Å². The van der Waals surface area contributed by atoms with E-state index in [1.165, 1.54) is 6.07 Å². The zero-order valence-corrected chi connectivity index (χ0v) is 9.33. The molecule has 0 saturated heterocycles. The van der Waals surface area contributed by atoms with Crippen molar-refractivity contribution in [2.45, 2.75) is 6.92 Å². The van der Waals surface area contributed by atoms with E-state index in [-0.39, 0.29) is 3.57 Å². The predicted octanol–water partition coefficient (Wildman–Crippen LogP) is 3.64. The van der Waals surface area contributed by atoms with Gasteiger partial charge in [-0.15, -0.1) is 0 Å². The van der Waals surface area contributed by atoms with Gasteiger partial charge in [-0.2, -0.15) is 0 Å². The quantitative estimate of drug-likeness (QED) is 0.386. The summed E-state index contributed by atoms with van der Waals surface area (Å²) in [5.41, 5.74) is 0.441. The molecule has 0 fully saturated rings. The van der Waals surface area contributed by atoms with Gasteiger partial charge in [0.1, 0.15) is 11.6 Å². The van der Waals surface area contributed by atoms with Crippen molar-refractivity contribution in [1.82, 2.24) is 0 Å². The first-order chi connectivity index (χ1) is 5.04. The maximum atomic E-state index is 13.0. The summed E-state index contributed by atoms with van der Waals surface area (Å²) < 4.78 is 26.2. The molecule has 0 N–H and O–H groups in total. The highest BCUT2D eigenvalue weighted by Crippen LogP contribution is 2.25. The molecule has 11 heavy (non-hydrogen) atoms.